The summed E-state index contributed by atoms with van der Waals surface area (Å²) >= 11 is 0. The summed E-state index contributed by atoms with van der Waals surface area (Å²) < 4.78 is 6.60. The summed E-state index contributed by atoms with van der Waals surface area (Å²) in [7, 11) is 1.38. The SMILES string of the molecule is COC(=O)C1CC(O)CN1CCn1cc(C)cn1. The summed E-state index contributed by atoms with van der Waals surface area (Å²) in [4.78, 5) is 13.5. The summed E-state index contributed by atoms with van der Waals surface area (Å²) in [5.74, 6) is -0.275. The number of hydrogen-bond donors (Lipinski definition) is 1. The van der Waals surface area contributed by atoms with E-state index >= 15 is 0 Å². The van der Waals surface area contributed by atoms with Gasteiger partial charge in [-0.15, -0.1) is 0 Å². The molecule has 2 heterocycles. The Labute approximate surface area is 106 Å². The number of aryl methyl sites for hydroxylation is 1. The lowest BCUT2D eigenvalue weighted by molar-refractivity contribution is -0.145. The number of aliphatic hydroxyl groups excluding tert-OH is 1. The fraction of sp³-hybridized carbons (Fsp3) is 0.667. The first-order valence-corrected chi connectivity index (χ1v) is 6.09. The van der Waals surface area contributed by atoms with Gasteiger partial charge in [0.15, 0.2) is 0 Å². The minimum Gasteiger partial charge on any atom is -0.468 e. The van der Waals surface area contributed by atoms with Crippen molar-refractivity contribution in [3.63, 3.8) is 0 Å². The molecule has 2 unspecified atom stereocenters. The second kappa shape index (κ2) is 5.49. The number of hydrogen-bond acceptors (Lipinski definition) is 5. The van der Waals surface area contributed by atoms with Crippen LogP contribution in [-0.4, -0.2) is 58.1 Å². The maximum Gasteiger partial charge on any atom is 0.323 e. The fourth-order valence-corrected chi connectivity index (χ4v) is 2.33. The highest BCUT2D eigenvalue weighted by Gasteiger charge is 2.36. The molecule has 0 radical (unpaired) electrons. The summed E-state index contributed by atoms with van der Waals surface area (Å²) in [5.41, 5.74) is 1.11. The topological polar surface area (TPSA) is 67.6 Å². The Morgan fingerprint density at radius 3 is 3.00 bits per heavy atom. The van der Waals surface area contributed by atoms with Crippen LogP contribution in [0.15, 0.2) is 12.4 Å². The van der Waals surface area contributed by atoms with Crippen molar-refractivity contribution in [2.45, 2.75) is 32.0 Å². The lowest BCUT2D eigenvalue weighted by Gasteiger charge is -2.21. The lowest BCUT2D eigenvalue weighted by atomic mass is 10.2. The number of β-amino-alcohol motifs (C(OH)–C–C–N with tert-alkyl or cyclic N) is 1. The van der Waals surface area contributed by atoms with Crippen LogP contribution in [0.4, 0.5) is 0 Å². The highest BCUT2D eigenvalue weighted by atomic mass is 16.5. The third-order valence-electron chi connectivity index (χ3n) is 3.23. The smallest absolute Gasteiger partial charge is 0.323 e. The van der Waals surface area contributed by atoms with Crippen LogP contribution in [0.1, 0.15) is 12.0 Å². The molecule has 0 aromatic carbocycles. The minimum absolute atomic E-state index is 0.275. The van der Waals surface area contributed by atoms with Gasteiger partial charge in [0.05, 0.1) is 26.0 Å². The zero-order valence-electron chi connectivity index (χ0n) is 10.7. The first-order valence-electron chi connectivity index (χ1n) is 6.09. The Morgan fingerprint density at radius 1 is 1.61 bits per heavy atom. The quantitative estimate of drug-likeness (QED) is 0.753. The van der Waals surface area contributed by atoms with E-state index in [9.17, 15) is 9.90 Å². The normalized spacial score (nSPS) is 24.4. The number of methoxy groups -OCH3 is 1. The summed E-state index contributed by atoms with van der Waals surface area (Å²) in [5, 5.41) is 13.8. The largest absolute Gasteiger partial charge is 0.468 e. The van der Waals surface area contributed by atoms with Gasteiger partial charge in [-0.25, -0.2) is 0 Å². The summed E-state index contributed by atoms with van der Waals surface area (Å²) in [6.07, 6.45) is 3.76. The fourth-order valence-electron chi connectivity index (χ4n) is 2.33. The number of carbonyl (C=O) groups excluding carboxylic acids is 1. The maximum atomic E-state index is 11.6. The van der Waals surface area contributed by atoms with Crippen LogP contribution in [0.2, 0.25) is 0 Å². The Hall–Kier alpha value is -1.40. The van der Waals surface area contributed by atoms with Crippen molar-refractivity contribution in [1.29, 1.82) is 0 Å². The third kappa shape index (κ3) is 2.88. The molecule has 1 fully saturated rings. The Balaban J connectivity index is 1.92. The summed E-state index contributed by atoms with van der Waals surface area (Å²) in [6.45, 7) is 3.88. The number of ether oxygens (including phenoxy) is 1. The molecule has 1 aliphatic rings. The van der Waals surface area contributed by atoms with Gasteiger partial charge in [-0.3, -0.25) is 14.4 Å². The second-order valence-corrected chi connectivity index (χ2v) is 4.70. The summed E-state index contributed by atoms with van der Waals surface area (Å²) in [6, 6.07) is -0.332. The van der Waals surface area contributed by atoms with Crippen LogP contribution < -0.4 is 0 Å². The molecule has 0 saturated carbocycles. The highest BCUT2D eigenvalue weighted by molar-refractivity contribution is 5.76. The minimum atomic E-state index is -0.451. The average molecular weight is 253 g/mol. The molecule has 2 rings (SSSR count). The van der Waals surface area contributed by atoms with Gasteiger partial charge in [-0.2, -0.15) is 5.10 Å². The Kier molecular flexibility index (Phi) is 3.98. The van der Waals surface area contributed by atoms with Crippen LogP contribution in [-0.2, 0) is 16.1 Å². The van der Waals surface area contributed by atoms with Gasteiger partial charge < -0.3 is 9.84 Å². The number of aromatic nitrogens is 2. The zero-order valence-corrected chi connectivity index (χ0v) is 10.7. The standard InChI is InChI=1S/C12H19N3O3/c1-9-6-13-15(7-9)4-3-14-8-10(16)5-11(14)12(17)18-2/h6-7,10-11,16H,3-5,8H2,1-2H3. The van der Waals surface area contributed by atoms with E-state index in [4.69, 9.17) is 4.74 Å². The van der Waals surface area contributed by atoms with Crippen molar-refractivity contribution in [3.8, 4) is 0 Å². The molecule has 6 nitrogen and oxygen atoms in total. The number of carbonyl (C=O) groups is 1. The van der Waals surface area contributed by atoms with Gasteiger partial charge in [-0.05, 0) is 12.5 Å². The van der Waals surface area contributed by atoms with E-state index in [-0.39, 0.29) is 12.0 Å². The number of rotatable bonds is 4. The van der Waals surface area contributed by atoms with Gasteiger partial charge in [0.1, 0.15) is 6.04 Å². The molecule has 1 aromatic rings. The third-order valence-corrected chi connectivity index (χ3v) is 3.23. The van der Waals surface area contributed by atoms with Gasteiger partial charge >= 0.3 is 5.97 Å². The molecule has 0 spiro atoms. The number of likely N-dealkylation sites (tertiary alicyclic amines) is 1. The Bertz CT molecular complexity index is 418. The van der Waals surface area contributed by atoms with Crippen LogP contribution in [0.5, 0.6) is 0 Å². The van der Waals surface area contributed by atoms with Crippen molar-refractivity contribution >= 4 is 5.97 Å². The first-order chi connectivity index (χ1) is 8.60. The van der Waals surface area contributed by atoms with Gasteiger partial charge in [0.2, 0.25) is 0 Å². The predicted molar refractivity (Wildman–Crippen MR) is 65.0 cm³/mol. The van der Waals surface area contributed by atoms with Crippen molar-refractivity contribution in [2.75, 3.05) is 20.2 Å². The molecule has 1 saturated heterocycles. The predicted octanol–water partition coefficient (Wildman–Crippen LogP) is -0.200. The van der Waals surface area contributed by atoms with Gasteiger partial charge in [0.25, 0.3) is 0 Å². The van der Waals surface area contributed by atoms with Crippen LogP contribution >= 0.6 is 0 Å². The van der Waals surface area contributed by atoms with Gasteiger partial charge in [0, 0.05) is 25.7 Å². The maximum absolute atomic E-state index is 11.6. The first kappa shape index (κ1) is 13.0. The molecule has 0 amide bonds. The number of nitrogens with zero attached hydrogens (tertiary/aromatic N) is 3. The van der Waals surface area contributed by atoms with E-state index in [1.165, 1.54) is 7.11 Å². The lowest BCUT2D eigenvalue weighted by Crippen LogP contribution is -2.38. The van der Waals surface area contributed by atoms with Crippen molar-refractivity contribution in [1.82, 2.24) is 14.7 Å². The van der Waals surface area contributed by atoms with E-state index in [1.54, 1.807) is 6.20 Å². The second-order valence-electron chi connectivity index (χ2n) is 4.70. The highest BCUT2D eigenvalue weighted by Crippen LogP contribution is 2.18. The monoisotopic (exact) mass is 253 g/mol. The Morgan fingerprint density at radius 2 is 2.39 bits per heavy atom. The molecule has 1 N–H and O–H groups in total. The molecule has 0 bridgehead atoms. The zero-order chi connectivity index (χ0) is 13.1. The van der Waals surface area contributed by atoms with Crippen LogP contribution in [0, 0.1) is 6.92 Å². The molecule has 1 aliphatic heterocycles. The molecule has 18 heavy (non-hydrogen) atoms. The molecule has 6 heteroatoms. The number of aliphatic hydroxyl groups is 1. The van der Waals surface area contributed by atoms with Crippen LogP contribution in [0.3, 0.4) is 0 Å². The van der Waals surface area contributed by atoms with Crippen molar-refractivity contribution in [2.24, 2.45) is 0 Å². The number of esters is 1. The molecular weight excluding hydrogens is 234 g/mol. The van der Waals surface area contributed by atoms with Crippen LogP contribution in [0.25, 0.3) is 0 Å². The van der Waals surface area contributed by atoms with E-state index < -0.39 is 6.10 Å². The molecule has 100 valence electrons. The van der Waals surface area contributed by atoms with E-state index in [1.807, 2.05) is 22.7 Å². The average Bonchev–Trinajstić information content (AvgIpc) is 2.92. The molecule has 2 atom stereocenters. The van der Waals surface area contributed by atoms with Crippen molar-refractivity contribution in [3.05, 3.63) is 18.0 Å². The molecule has 1 aromatic heterocycles. The van der Waals surface area contributed by atoms with Gasteiger partial charge in [-0.1, -0.05) is 0 Å². The van der Waals surface area contributed by atoms with E-state index in [0.717, 1.165) is 5.56 Å². The molecule has 0 aliphatic carbocycles. The van der Waals surface area contributed by atoms with E-state index in [2.05, 4.69) is 5.10 Å². The van der Waals surface area contributed by atoms with Crippen molar-refractivity contribution < 1.29 is 14.6 Å². The van der Waals surface area contributed by atoms with E-state index in [0.29, 0.717) is 26.1 Å². The molecular formula is C12H19N3O3.